The van der Waals surface area contributed by atoms with Crippen molar-refractivity contribution in [3.05, 3.63) is 93.7 Å². The number of benzene rings is 4. The zero-order chi connectivity index (χ0) is 21.4. The molecule has 30 heavy (non-hydrogen) atoms. The van der Waals surface area contributed by atoms with Gasteiger partial charge in [-0.05, 0) is 88.8 Å². The molecule has 0 bridgehead atoms. The maximum Gasteiger partial charge on any atom is 0.123 e. The molecule has 0 amide bonds. The highest BCUT2D eigenvalue weighted by molar-refractivity contribution is 7.85. The van der Waals surface area contributed by atoms with E-state index in [4.69, 9.17) is 23.2 Å². The molecule has 1 atom stereocenters. The molecule has 0 radical (unpaired) electrons. The second kappa shape index (κ2) is 8.50. The Morgan fingerprint density at radius 3 is 2.17 bits per heavy atom. The minimum Gasteiger partial charge on any atom is -0.249 e. The van der Waals surface area contributed by atoms with Gasteiger partial charge in [-0.3, -0.25) is 0 Å². The van der Waals surface area contributed by atoms with Gasteiger partial charge in [0.2, 0.25) is 0 Å². The zero-order valence-electron chi connectivity index (χ0n) is 16.5. The summed E-state index contributed by atoms with van der Waals surface area (Å²) in [7, 11) is -1.40. The quantitative estimate of drug-likeness (QED) is 0.304. The van der Waals surface area contributed by atoms with Crippen molar-refractivity contribution in [1.82, 2.24) is 0 Å². The van der Waals surface area contributed by atoms with Crippen molar-refractivity contribution in [2.24, 2.45) is 0 Å². The number of halogens is 3. The highest BCUT2D eigenvalue weighted by Crippen LogP contribution is 2.36. The molecule has 0 aromatic heterocycles. The molecule has 0 heterocycles. The van der Waals surface area contributed by atoms with E-state index in [1.165, 1.54) is 11.6 Å². The van der Waals surface area contributed by atoms with Gasteiger partial charge in [-0.15, -0.1) is 0 Å². The lowest BCUT2D eigenvalue weighted by Crippen LogP contribution is -1.96. The van der Waals surface area contributed by atoms with Gasteiger partial charge in [0.15, 0.2) is 0 Å². The number of aryl methyl sites for hydroxylation is 1. The van der Waals surface area contributed by atoms with E-state index in [1.807, 2.05) is 30.3 Å². The number of rotatable bonds is 4. The Bertz CT molecular complexity index is 1260. The van der Waals surface area contributed by atoms with E-state index in [-0.39, 0.29) is 5.82 Å². The lowest BCUT2D eigenvalue weighted by molar-refractivity contribution is 0.630. The second-order valence-corrected chi connectivity index (χ2v) is 9.51. The number of hydrogen-bond donors (Lipinski definition) is 0. The second-order valence-electron chi connectivity index (χ2n) is 7.15. The average Bonchev–Trinajstić information content (AvgIpc) is 2.72. The molecule has 4 aromatic rings. The Labute approximate surface area is 187 Å². The van der Waals surface area contributed by atoms with Crippen LogP contribution in [0.3, 0.4) is 0 Å². The van der Waals surface area contributed by atoms with Crippen LogP contribution in [0.5, 0.6) is 0 Å². The van der Waals surface area contributed by atoms with E-state index >= 15 is 0 Å². The predicted molar refractivity (Wildman–Crippen MR) is 125 cm³/mol. The molecule has 0 spiro atoms. The van der Waals surface area contributed by atoms with Gasteiger partial charge in [0.25, 0.3) is 0 Å². The van der Waals surface area contributed by atoms with Crippen LogP contribution in [-0.4, -0.2) is 4.21 Å². The first kappa shape index (κ1) is 21.0. The molecule has 1 nitrogen and oxygen atoms in total. The van der Waals surface area contributed by atoms with Crippen molar-refractivity contribution in [2.45, 2.75) is 30.1 Å². The van der Waals surface area contributed by atoms with Gasteiger partial charge in [-0.1, -0.05) is 54.4 Å². The SMILES string of the molecule is CCc1cc2ccc(F)cc2c(-c2ccc(S(=O)c3cc(Cl)cc(Cl)c3)cc2)c1C. The van der Waals surface area contributed by atoms with E-state index in [0.717, 1.165) is 33.9 Å². The minimum atomic E-state index is -1.40. The van der Waals surface area contributed by atoms with Gasteiger partial charge in [-0.2, -0.15) is 0 Å². The van der Waals surface area contributed by atoms with E-state index in [0.29, 0.717) is 19.8 Å². The maximum atomic E-state index is 14.0. The van der Waals surface area contributed by atoms with E-state index in [2.05, 4.69) is 19.9 Å². The summed E-state index contributed by atoms with van der Waals surface area (Å²) in [6.45, 7) is 4.18. The third kappa shape index (κ3) is 4.02. The van der Waals surface area contributed by atoms with E-state index in [9.17, 15) is 8.60 Å². The first-order chi connectivity index (χ1) is 14.4. The van der Waals surface area contributed by atoms with Crippen LogP contribution in [0, 0.1) is 12.7 Å². The van der Waals surface area contributed by atoms with E-state index < -0.39 is 10.8 Å². The van der Waals surface area contributed by atoms with Crippen molar-refractivity contribution in [3.63, 3.8) is 0 Å². The van der Waals surface area contributed by atoms with Crippen LogP contribution in [0.4, 0.5) is 4.39 Å². The summed E-state index contributed by atoms with van der Waals surface area (Å²) in [6.07, 6.45) is 0.893. The molecule has 0 aliphatic heterocycles. The molecule has 0 fully saturated rings. The first-order valence-electron chi connectivity index (χ1n) is 9.57. The average molecular weight is 457 g/mol. The van der Waals surface area contributed by atoms with Gasteiger partial charge in [0, 0.05) is 19.8 Å². The van der Waals surface area contributed by atoms with Gasteiger partial charge < -0.3 is 0 Å². The lowest BCUT2D eigenvalue weighted by Gasteiger charge is -2.15. The van der Waals surface area contributed by atoms with Gasteiger partial charge in [0.1, 0.15) is 5.82 Å². The minimum absolute atomic E-state index is 0.261. The molecular formula is C25H19Cl2FOS. The third-order valence-corrected chi connectivity index (χ3v) is 7.06. The summed E-state index contributed by atoms with van der Waals surface area (Å²) in [6, 6.07) is 19.5. The molecular weight excluding hydrogens is 438 g/mol. The molecule has 0 N–H and O–H groups in total. The van der Waals surface area contributed by atoms with Crippen molar-refractivity contribution in [2.75, 3.05) is 0 Å². The van der Waals surface area contributed by atoms with Gasteiger partial charge >= 0.3 is 0 Å². The summed E-state index contributed by atoms with van der Waals surface area (Å²) in [5, 5.41) is 2.78. The maximum absolute atomic E-state index is 14.0. The van der Waals surface area contributed by atoms with Crippen LogP contribution >= 0.6 is 23.2 Å². The van der Waals surface area contributed by atoms with Crippen LogP contribution in [-0.2, 0) is 17.2 Å². The lowest BCUT2D eigenvalue weighted by atomic mass is 9.89. The molecule has 5 heteroatoms. The highest BCUT2D eigenvalue weighted by atomic mass is 35.5. The fraction of sp³-hybridized carbons (Fsp3) is 0.120. The molecule has 4 rings (SSSR count). The summed E-state index contributed by atoms with van der Waals surface area (Å²) >= 11 is 12.1. The van der Waals surface area contributed by atoms with Crippen LogP contribution in [0.25, 0.3) is 21.9 Å². The van der Waals surface area contributed by atoms with Crippen molar-refractivity contribution in [3.8, 4) is 11.1 Å². The normalized spacial score (nSPS) is 12.3. The van der Waals surface area contributed by atoms with Crippen LogP contribution < -0.4 is 0 Å². The van der Waals surface area contributed by atoms with E-state index in [1.54, 1.807) is 24.3 Å². The number of hydrogen-bond acceptors (Lipinski definition) is 1. The molecule has 0 saturated carbocycles. The number of fused-ring (bicyclic) bond motifs is 1. The van der Waals surface area contributed by atoms with Crippen molar-refractivity contribution >= 4 is 44.8 Å². The summed E-state index contributed by atoms with van der Waals surface area (Å²) in [5.74, 6) is -0.261. The Morgan fingerprint density at radius 2 is 1.53 bits per heavy atom. The van der Waals surface area contributed by atoms with Crippen LogP contribution in [0.15, 0.2) is 76.5 Å². The fourth-order valence-corrected chi connectivity index (χ4v) is 5.56. The summed E-state index contributed by atoms with van der Waals surface area (Å²) in [4.78, 5) is 1.20. The molecule has 0 aliphatic carbocycles. The topological polar surface area (TPSA) is 17.1 Å². The molecule has 1 unspecified atom stereocenters. The summed E-state index contributed by atoms with van der Waals surface area (Å²) < 4.78 is 27.0. The molecule has 4 aromatic carbocycles. The standard InChI is InChI=1S/C25H19Cl2FOS/c1-3-16-10-18-4-7-21(28)14-24(18)25(15(16)2)17-5-8-22(9-6-17)30(29)23-12-19(26)11-20(27)13-23/h4-14H,3H2,1-2H3. The monoisotopic (exact) mass is 456 g/mol. The first-order valence-corrected chi connectivity index (χ1v) is 11.5. The third-order valence-electron chi connectivity index (χ3n) is 5.26. The Hall–Kier alpha value is -2.20. The van der Waals surface area contributed by atoms with Gasteiger partial charge in [-0.25, -0.2) is 8.60 Å². The summed E-state index contributed by atoms with van der Waals surface area (Å²) in [5.41, 5.74) is 4.33. The van der Waals surface area contributed by atoms with Gasteiger partial charge in [0.05, 0.1) is 10.8 Å². The molecule has 0 saturated heterocycles. The molecule has 152 valence electrons. The smallest absolute Gasteiger partial charge is 0.123 e. The van der Waals surface area contributed by atoms with Crippen molar-refractivity contribution in [1.29, 1.82) is 0 Å². The highest BCUT2D eigenvalue weighted by Gasteiger charge is 2.14. The largest absolute Gasteiger partial charge is 0.249 e. The zero-order valence-corrected chi connectivity index (χ0v) is 18.8. The van der Waals surface area contributed by atoms with Crippen LogP contribution in [0.2, 0.25) is 10.0 Å². The Kier molecular flexibility index (Phi) is 5.97. The van der Waals surface area contributed by atoms with Crippen LogP contribution in [0.1, 0.15) is 18.1 Å². The Morgan fingerprint density at radius 1 is 0.867 bits per heavy atom. The Balaban J connectivity index is 1.81. The fourth-order valence-electron chi connectivity index (χ4n) is 3.79. The molecule has 0 aliphatic rings. The van der Waals surface area contributed by atoms with Crippen molar-refractivity contribution < 1.29 is 8.60 Å². The predicted octanol–water partition coefficient (Wildman–Crippen LogP) is 7.99.